The molecule has 0 unspecified atom stereocenters. The Morgan fingerprint density at radius 2 is 1.93 bits per heavy atom. The number of ether oxygens (including phenoxy) is 2. The molecule has 1 heterocycles. The minimum atomic E-state index is -0.907. The van der Waals surface area contributed by atoms with Crippen molar-refractivity contribution in [3.63, 3.8) is 0 Å². The van der Waals surface area contributed by atoms with Crippen molar-refractivity contribution in [3.05, 3.63) is 18.2 Å². The number of H-pyrrole nitrogens is 1. The zero-order chi connectivity index (χ0) is 20.6. The van der Waals surface area contributed by atoms with E-state index in [1.165, 1.54) is 13.4 Å². The molecule has 1 rings (SSSR count). The predicted molar refractivity (Wildman–Crippen MR) is 98.9 cm³/mol. The number of imidazole rings is 1. The first-order valence-corrected chi connectivity index (χ1v) is 8.92. The van der Waals surface area contributed by atoms with Crippen LogP contribution in [0.25, 0.3) is 0 Å². The van der Waals surface area contributed by atoms with Gasteiger partial charge in [0.1, 0.15) is 17.7 Å². The van der Waals surface area contributed by atoms with Gasteiger partial charge in [-0.25, -0.2) is 14.6 Å². The summed E-state index contributed by atoms with van der Waals surface area (Å²) in [6, 6.07) is -1.76. The molecule has 152 valence electrons. The summed E-state index contributed by atoms with van der Waals surface area (Å²) in [4.78, 5) is 43.7. The number of esters is 1. The van der Waals surface area contributed by atoms with E-state index in [9.17, 15) is 14.4 Å². The van der Waals surface area contributed by atoms with Crippen molar-refractivity contribution < 1.29 is 23.9 Å². The first kappa shape index (κ1) is 22.5. The van der Waals surface area contributed by atoms with Crippen molar-refractivity contribution in [1.29, 1.82) is 0 Å². The second-order valence-electron chi connectivity index (χ2n) is 7.37. The summed E-state index contributed by atoms with van der Waals surface area (Å²) in [5, 5.41) is 5.26. The molecule has 0 aromatic carbocycles. The Kier molecular flexibility index (Phi) is 8.27. The normalized spacial score (nSPS) is 14.6. The highest BCUT2D eigenvalue weighted by Gasteiger charge is 2.31. The molecule has 0 saturated carbocycles. The van der Waals surface area contributed by atoms with E-state index >= 15 is 0 Å². The van der Waals surface area contributed by atoms with Gasteiger partial charge < -0.3 is 25.1 Å². The van der Waals surface area contributed by atoms with E-state index in [0.29, 0.717) is 12.1 Å². The standard InChI is InChI=1S/C18H30N4O5/c1-7-11(2)14(22-17(25)27-18(3,4)5)15(23)21-13(16(24)26-6)8-12-9-19-10-20-12/h9-11,13-14H,7-8H2,1-6H3,(H,19,20)(H,21,23)(H,22,25)/t11-,13-,14+/m0/s1. The molecule has 0 aliphatic rings. The fraction of sp³-hybridized carbons (Fsp3) is 0.667. The summed E-state index contributed by atoms with van der Waals surface area (Å²) >= 11 is 0. The van der Waals surface area contributed by atoms with Crippen LogP contribution in [0.15, 0.2) is 12.5 Å². The number of rotatable bonds is 8. The summed E-state index contributed by atoms with van der Waals surface area (Å²) in [6.07, 6.45) is 3.20. The van der Waals surface area contributed by atoms with E-state index in [0.717, 1.165) is 0 Å². The maximum Gasteiger partial charge on any atom is 0.408 e. The topological polar surface area (TPSA) is 122 Å². The third-order valence-corrected chi connectivity index (χ3v) is 3.95. The second-order valence-corrected chi connectivity index (χ2v) is 7.37. The van der Waals surface area contributed by atoms with Crippen LogP contribution in [0.2, 0.25) is 0 Å². The van der Waals surface area contributed by atoms with Crippen LogP contribution in [-0.4, -0.2) is 52.7 Å². The number of alkyl carbamates (subject to hydrolysis) is 1. The van der Waals surface area contributed by atoms with Crippen LogP contribution < -0.4 is 10.6 Å². The monoisotopic (exact) mass is 382 g/mol. The molecular weight excluding hydrogens is 352 g/mol. The van der Waals surface area contributed by atoms with Gasteiger partial charge >= 0.3 is 12.1 Å². The lowest BCUT2D eigenvalue weighted by Crippen LogP contribution is -2.55. The molecule has 0 bridgehead atoms. The zero-order valence-electron chi connectivity index (χ0n) is 16.8. The number of nitrogens with zero attached hydrogens (tertiary/aromatic N) is 1. The van der Waals surface area contributed by atoms with Crippen molar-refractivity contribution in [1.82, 2.24) is 20.6 Å². The lowest BCUT2D eigenvalue weighted by molar-refractivity contribution is -0.145. The number of aromatic amines is 1. The number of methoxy groups -OCH3 is 1. The van der Waals surface area contributed by atoms with Gasteiger partial charge in [0, 0.05) is 18.3 Å². The number of carbonyl (C=O) groups excluding carboxylic acids is 3. The number of hydrogen-bond acceptors (Lipinski definition) is 6. The smallest absolute Gasteiger partial charge is 0.408 e. The Balaban J connectivity index is 2.88. The average Bonchev–Trinajstić information content (AvgIpc) is 3.09. The van der Waals surface area contributed by atoms with Gasteiger partial charge in [-0.1, -0.05) is 20.3 Å². The number of hydrogen-bond donors (Lipinski definition) is 3. The molecule has 0 spiro atoms. The molecule has 3 N–H and O–H groups in total. The lowest BCUT2D eigenvalue weighted by Gasteiger charge is -2.27. The Hall–Kier alpha value is -2.58. The summed E-state index contributed by atoms with van der Waals surface area (Å²) in [6.45, 7) is 8.96. The van der Waals surface area contributed by atoms with Gasteiger partial charge in [0.25, 0.3) is 0 Å². The molecule has 0 saturated heterocycles. The summed E-state index contributed by atoms with van der Waals surface area (Å²) in [5.41, 5.74) is -0.0127. The van der Waals surface area contributed by atoms with E-state index in [4.69, 9.17) is 9.47 Å². The Bertz CT molecular complexity index is 624. The molecule has 9 nitrogen and oxygen atoms in total. The largest absolute Gasteiger partial charge is 0.467 e. The molecule has 3 atom stereocenters. The predicted octanol–water partition coefficient (Wildman–Crippen LogP) is 1.55. The molecule has 27 heavy (non-hydrogen) atoms. The third-order valence-electron chi connectivity index (χ3n) is 3.95. The Morgan fingerprint density at radius 3 is 2.41 bits per heavy atom. The second kappa shape index (κ2) is 9.94. The van der Waals surface area contributed by atoms with Gasteiger partial charge in [-0.3, -0.25) is 4.79 Å². The van der Waals surface area contributed by atoms with Crippen LogP contribution in [0.5, 0.6) is 0 Å². The van der Waals surface area contributed by atoms with Crippen LogP contribution in [0.3, 0.4) is 0 Å². The molecular formula is C18H30N4O5. The van der Waals surface area contributed by atoms with Crippen molar-refractivity contribution >= 4 is 18.0 Å². The highest BCUT2D eigenvalue weighted by Crippen LogP contribution is 2.12. The Labute approximate surface area is 159 Å². The lowest BCUT2D eigenvalue weighted by atomic mass is 9.98. The van der Waals surface area contributed by atoms with Crippen LogP contribution in [0.4, 0.5) is 4.79 Å². The van der Waals surface area contributed by atoms with Gasteiger partial charge in [-0.2, -0.15) is 0 Å². The summed E-state index contributed by atoms with van der Waals surface area (Å²) in [7, 11) is 1.25. The van der Waals surface area contributed by atoms with E-state index in [1.54, 1.807) is 27.0 Å². The molecule has 0 aliphatic carbocycles. The van der Waals surface area contributed by atoms with Gasteiger partial charge in [0.2, 0.25) is 5.91 Å². The van der Waals surface area contributed by atoms with Gasteiger partial charge in [-0.15, -0.1) is 0 Å². The van der Waals surface area contributed by atoms with E-state index in [1.807, 2.05) is 13.8 Å². The first-order chi connectivity index (χ1) is 12.6. The zero-order valence-corrected chi connectivity index (χ0v) is 16.8. The molecule has 1 aromatic rings. The number of nitrogens with one attached hydrogen (secondary N) is 3. The average molecular weight is 382 g/mol. The SMILES string of the molecule is CC[C@H](C)[C@@H](NC(=O)OC(C)(C)C)C(=O)N[C@@H](Cc1cnc[nH]1)C(=O)OC. The number of amides is 2. The molecule has 2 amide bonds. The van der Waals surface area contributed by atoms with E-state index < -0.39 is 35.7 Å². The quantitative estimate of drug-likeness (QED) is 0.586. The first-order valence-electron chi connectivity index (χ1n) is 8.92. The third kappa shape index (κ3) is 7.67. The highest BCUT2D eigenvalue weighted by molar-refractivity contribution is 5.90. The minimum Gasteiger partial charge on any atom is -0.467 e. The fourth-order valence-electron chi connectivity index (χ4n) is 2.35. The van der Waals surface area contributed by atoms with E-state index in [-0.39, 0.29) is 12.3 Å². The van der Waals surface area contributed by atoms with Crippen molar-refractivity contribution in [2.24, 2.45) is 5.92 Å². The number of carbonyl (C=O) groups is 3. The minimum absolute atomic E-state index is 0.164. The Morgan fingerprint density at radius 1 is 1.26 bits per heavy atom. The molecule has 0 fully saturated rings. The van der Waals surface area contributed by atoms with Crippen LogP contribution in [0.1, 0.15) is 46.7 Å². The molecule has 1 aromatic heterocycles. The summed E-state index contributed by atoms with van der Waals surface area (Å²) < 4.78 is 10.0. The fourth-order valence-corrected chi connectivity index (χ4v) is 2.35. The number of aromatic nitrogens is 2. The maximum atomic E-state index is 12.8. The van der Waals surface area contributed by atoms with Crippen LogP contribution in [0, 0.1) is 5.92 Å². The molecule has 0 aliphatic heterocycles. The highest BCUT2D eigenvalue weighted by atomic mass is 16.6. The maximum absolute atomic E-state index is 12.8. The van der Waals surface area contributed by atoms with Crippen LogP contribution >= 0.6 is 0 Å². The summed E-state index contributed by atoms with van der Waals surface area (Å²) in [5.74, 6) is -1.23. The van der Waals surface area contributed by atoms with Crippen LogP contribution in [-0.2, 0) is 25.5 Å². The van der Waals surface area contributed by atoms with E-state index in [2.05, 4.69) is 20.6 Å². The van der Waals surface area contributed by atoms with Gasteiger partial charge in [-0.05, 0) is 26.7 Å². The van der Waals surface area contributed by atoms with Gasteiger partial charge in [0.15, 0.2) is 0 Å². The van der Waals surface area contributed by atoms with Crippen molar-refractivity contribution in [3.8, 4) is 0 Å². The molecule has 9 heteroatoms. The van der Waals surface area contributed by atoms with Crippen molar-refractivity contribution in [2.75, 3.05) is 7.11 Å². The van der Waals surface area contributed by atoms with Crippen molar-refractivity contribution in [2.45, 2.75) is 65.1 Å². The molecule has 0 radical (unpaired) electrons. The van der Waals surface area contributed by atoms with Gasteiger partial charge in [0.05, 0.1) is 13.4 Å².